The lowest BCUT2D eigenvalue weighted by Crippen LogP contribution is -2.27. The Hall–Kier alpha value is -3.94. The maximum absolute atomic E-state index is 12.8. The minimum Gasteiger partial charge on any atom is -0.494 e. The highest BCUT2D eigenvalue weighted by atomic mass is 16.5. The molecule has 2 amide bonds. The number of nitrogens with zero attached hydrogens (tertiary/aromatic N) is 2. The van der Waals surface area contributed by atoms with Gasteiger partial charge in [-0.15, -0.1) is 0 Å². The fraction of sp³-hybridized carbons (Fsp3) is 0.250. The van der Waals surface area contributed by atoms with E-state index in [0.29, 0.717) is 49.4 Å². The van der Waals surface area contributed by atoms with Crippen molar-refractivity contribution in [2.45, 2.75) is 19.3 Å². The van der Waals surface area contributed by atoms with E-state index in [4.69, 9.17) is 4.74 Å². The van der Waals surface area contributed by atoms with E-state index in [9.17, 15) is 14.4 Å². The Labute approximate surface area is 185 Å². The van der Waals surface area contributed by atoms with Crippen molar-refractivity contribution in [3.63, 3.8) is 0 Å². The second-order valence-corrected chi connectivity index (χ2v) is 7.68. The van der Waals surface area contributed by atoms with Crippen molar-refractivity contribution in [2.75, 3.05) is 18.5 Å². The molecule has 2 aromatic carbocycles. The molecular formula is C24H24N4O4. The number of hydrogen-bond donors (Lipinski definition) is 2. The van der Waals surface area contributed by atoms with Crippen LogP contribution >= 0.6 is 0 Å². The van der Waals surface area contributed by atoms with Gasteiger partial charge in [0.15, 0.2) is 11.1 Å². The van der Waals surface area contributed by atoms with Crippen LogP contribution in [0.4, 0.5) is 5.69 Å². The molecule has 0 fully saturated rings. The maximum atomic E-state index is 12.8. The summed E-state index contributed by atoms with van der Waals surface area (Å²) in [7, 11) is 1.69. The SMILES string of the molecule is Cn1cc2c(n1)C(=O)NCCCOc1ccc(=O)cc(c1)CCc1cccc(c1)C(=O)N2. The van der Waals surface area contributed by atoms with Gasteiger partial charge in [0.25, 0.3) is 11.8 Å². The second kappa shape index (κ2) is 9.47. The zero-order chi connectivity index (χ0) is 22.5. The van der Waals surface area contributed by atoms with E-state index in [2.05, 4.69) is 15.7 Å². The highest BCUT2D eigenvalue weighted by molar-refractivity contribution is 6.08. The van der Waals surface area contributed by atoms with Crippen molar-refractivity contribution < 1.29 is 14.3 Å². The first-order chi connectivity index (χ1) is 15.5. The minimum absolute atomic E-state index is 0.0910. The molecule has 164 valence electrons. The van der Waals surface area contributed by atoms with Crippen molar-refractivity contribution >= 4 is 17.5 Å². The summed E-state index contributed by atoms with van der Waals surface area (Å²) in [5.74, 6) is -0.0893. The predicted molar refractivity (Wildman–Crippen MR) is 120 cm³/mol. The zero-order valence-electron chi connectivity index (χ0n) is 17.8. The second-order valence-electron chi connectivity index (χ2n) is 7.68. The number of fused-ring (bicyclic) bond motifs is 5. The third-order valence-corrected chi connectivity index (χ3v) is 5.13. The van der Waals surface area contributed by atoms with Crippen LogP contribution in [0.1, 0.15) is 38.4 Å². The molecule has 0 aliphatic carbocycles. The van der Waals surface area contributed by atoms with Gasteiger partial charge in [0.2, 0.25) is 0 Å². The maximum Gasteiger partial charge on any atom is 0.273 e. The van der Waals surface area contributed by atoms with Crippen LogP contribution in [0.25, 0.3) is 0 Å². The first-order valence-electron chi connectivity index (χ1n) is 10.5. The molecular weight excluding hydrogens is 408 g/mol. The first-order valence-corrected chi connectivity index (χ1v) is 10.5. The average Bonchev–Trinajstić information content (AvgIpc) is 3.04. The number of aromatic nitrogens is 2. The van der Waals surface area contributed by atoms with Gasteiger partial charge in [-0.1, -0.05) is 12.1 Å². The van der Waals surface area contributed by atoms with E-state index in [1.54, 1.807) is 31.4 Å². The lowest BCUT2D eigenvalue weighted by atomic mass is 10.0. The first kappa shape index (κ1) is 21.3. The quantitative estimate of drug-likeness (QED) is 0.568. The van der Waals surface area contributed by atoms with Crippen molar-refractivity contribution in [3.05, 3.63) is 87.3 Å². The van der Waals surface area contributed by atoms with Gasteiger partial charge >= 0.3 is 0 Å². The molecule has 1 aliphatic rings. The average molecular weight is 432 g/mol. The third kappa shape index (κ3) is 5.21. The monoisotopic (exact) mass is 432 g/mol. The number of carbonyl (C=O) groups is 2. The van der Waals surface area contributed by atoms with Crippen molar-refractivity contribution in [3.8, 4) is 5.75 Å². The highest BCUT2D eigenvalue weighted by Gasteiger charge is 2.18. The molecule has 32 heavy (non-hydrogen) atoms. The molecule has 2 N–H and O–H groups in total. The number of benzene rings is 1. The molecule has 0 atom stereocenters. The van der Waals surface area contributed by atoms with Crippen LogP contribution in [-0.2, 0) is 19.9 Å². The van der Waals surface area contributed by atoms with E-state index >= 15 is 0 Å². The van der Waals surface area contributed by atoms with E-state index in [0.717, 1.165) is 11.1 Å². The van der Waals surface area contributed by atoms with Gasteiger partial charge in [-0.05, 0) is 66.8 Å². The number of ether oxygens (including phenoxy) is 1. The van der Waals surface area contributed by atoms with Gasteiger partial charge in [0.1, 0.15) is 5.75 Å². The van der Waals surface area contributed by atoms with Crippen molar-refractivity contribution in [1.29, 1.82) is 0 Å². The summed E-state index contributed by atoms with van der Waals surface area (Å²) in [4.78, 5) is 37.5. The van der Waals surface area contributed by atoms with Gasteiger partial charge in [0.05, 0.1) is 12.3 Å². The van der Waals surface area contributed by atoms with Crippen LogP contribution in [0.5, 0.6) is 5.75 Å². The Balaban J connectivity index is 1.66. The summed E-state index contributed by atoms with van der Waals surface area (Å²) < 4.78 is 7.30. The molecule has 4 bridgehead atoms. The number of carbonyl (C=O) groups excluding carboxylic acids is 2. The number of anilines is 1. The van der Waals surface area contributed by atoms with E-state index in [-0.39, 0.29) is 22.9 Å². The van der Waals surface area contributed by atoms with E-state index in [1.165, 1.54) is 10.7 Å². The zero-order valence-corrected chi connectivity index (χ0v) is 17.8. The lowest BCUT2D eigenvalue weighted by Gasteiger charge is -2.10. The van der Waals surface area contributed by atoms with Crippen LogP contribution in [-0.4, -0.2) is 34.7 Å². The van der Waals surface area contributed by atoms with E-state index < -0.39 is 0 Å². The van der Waals surface area contributed by atoms with Gasteiger partial charge in [-0.2, -0.15) is 5.10 Å². The summed E-state index contributed by atoms with van der Waals surface area (Å²) in [6.07, 6.45) is 3.47. The molecule has 1 aliphatic heterocycles. The number of aryl methyl sites for hydroxylation is 3. The Bertz CT molecular complexity index is 1220. The third-order valence-electron chi connectivity index (χ3n) is 5.13. The van der Waals surface area contributed by atoms with Crippen LogP contribution in [0, 0.1) is 0 Å². The molecule has 0 saturated heterocycles. The van der Waals surface area contributed by atoms with Crippen molar-refractivity contribution in [2.24, 2.45) is 7.05 Å². The van der Waals surface area contributed by atoms with Gasteiger partial charge in [-0.25, -0.2) is 0 Å². The Morgan fingerprint density at radius 2 is 1.81 bits per heavy atom. The van der Waals surface area contributed by atoms with Gasteiger partial charge < -0.3 is 15.4 Å². The molecule has 0 radical (unpaired) electrons. The molecule has 3 aromatic rings. The Morgan fingerprint density at radius 3 is 2.69 bits per heavy atom. The molecule has 4 rings (SSSR count). The summed E-state index contributed by atoms with van der Waals surface area (Å²) >= 11 is 0. The molecule has 0 saturated carbocycles. The van der Waals surface area contributed by atoms with Crippen LogP contribution in [0.15, 0.2) is 59.5 Å². The minimum atomic E-state index is -0.375. The summed E-state index contributed by atoms with van der Waals surface area (Å²) in [5, 5.41) is 9.78. The number of amides is 2. The predicted octanol–water partition coefficient (Wildman–Crippen LogP) is 2.33. The van der Waals surface area contributed by atoms with Crippen LogP contribution < -0.4 is 20.8 Å². The number of rotatable bonds is 0. The molecule has 1 aromatic heterocycles. The Kier molecular flexibility index (Phi) is 6.30. The summed E-state index contributed by atoms with van der Waals surface area (Å²) in [6.45, 7) is 0.759. The summed E-state index contributed by atoms with van der Waals surface area (Å²) in [5.41, 5.74) is 2.71. The van der Waals surface area contributed by atoms with Crippen LogP contribution in [0.3, 0.4) is 0 Å². The van der Waals surface area contributed by atoms with Gasteiger partial charge in [-0.3, -0.25) is 19.1 Å². The molecule has 0 unspecified atom stereocenters. The molecule has 2 heterocycles. The normalized spacial score (nSPS) is 14.8. The number of hydrogen-bond acceptors (Lipinski definition) is 5. The highest BCUT2D eigenvalue weighted by Crippen LogP contribution is 2.17. The fourth-order valence-corrected chi connectivity index (χ4v) is 3.55. The standard InChI is InChI=1S/C24H24N4O4/c1-28-15-21-22(27-28)24(31)25-10-3-11-32-20-9-8-19(29)13-17(14-20)7-6-16-4-2-5-18(12-16)23(30)26-21/h2,4-5,8-9,12-15H,3,6-7,10-11H2,1H3,(H,25,31)(H,26,30). The fourth-order valence-electron chi connectivity index (χ4n) is 3.55. The van der Waals surface area contributed by atoms with Crippen molar-refractivity contribution in [1.82, 2.24) is 15.1 Å². The van der Waals surface area contributed by atoms with Crippen LogP contribution in [0.2, 0.25) is 0 Å². The molecule has 8 heteroatoms. The smallest absolute Gasteiger partial charge is 0.273 e. The summed E-state index contributed by atoms with van der Waals surface area (Å²) in [6, 6.07) is 13.9. The Morgan fingerprint density at radius 1 is 0.969 bits per heavy atom. The topological polar surface area (TPSA) is 102 Å². The lowest BCUT2D eigenvalue weighted by molar-refractivity contribution is 0.0946. The largest absolute Gasteiger partial charge is 0.494 e. The van der Waals surface area contributed by atoms with E-state index in [1.807, 2.05) is 24.3 Å². The van der Waals surface area contributed by atoms with Gasteiger partial charge in [0, 0.05) is 25.4 Å². The number of nitrogens with one attached hydrogen (secondary N) is 2. The molecule has 0 spiro atoms. The molecule has 8 nitrogen and oxygen atoms in total.